The number of hydrogen-bond donors (Lipinski definition) is 2. The van der Waals surface area contributed by atoms with Crippen LogP contribution in [0.25, 0.3) is 11.0 Å². The predicted molar refractivity (Wildman–Crippen MR) is 164 cm³/mol. The van der Waals surface area contributed by atoms with Crippen molar-refractivity contribution in [2.24, 2.45) is 0 Å². The summed E-state index contributed by atoms with van der Waals surface area (Å²) in [6, 6.07) is 20.4. The summed E-state index contributed by atoms with van der Waals surface area (Å²) in [5.74, 6) is 0.743. The second-order valence-electron chi connectivity index (χ2n) is 9.16. The number of hydrogen-bond acceptors (Lipinski definition) is 8. The summed E-state index contributed by atoms with van der Waals surface area (Å²) >= 11 is 4.40. The Morgan fingerprint density at radius 2 is 1.78 bits per heavy atom. The van der Waals surface area contributed by atoms with Crippen molar-refractivity contribution in [1.82, 2.24) is 25.7 Å². The first-order valence-corrected chi connectivity index (χ1v) is 14.1. The molecule has 3 aromatic heterocycles. The lowest BCUT2D eigenvalue weighted by atomic mass is 10.1. The SMILES string of the molecule is CC(C)c1ccc2c(Nc3cc(C(=O)Nc4ccc(Br)cn4)ccc3SN(C([NH])=O)c3ccccc3)ncnc2n1. The van der Waals surface area contributed by atoms with Crippen molar-refractivity contribution in [3.8, 4) is 0 Å². The zero-order valence-electron chi connectivity index (χ0n) is 22.0. The van der Waals surface area contributed by atoms with E-state index in [9.17, 15) is 9.59 Å². The van der Waals surface area contributed by atoms with Gasteiger partial charge in [0.15, 0.2) is 5.65 Å². The third kappa shape index (κ3) is 6.61. The molecule has 3 amide bonds. The molecular weight excluding hydrogens is 604 g/mol. The Hall–Kier alpha value is -4.55. The van der Waals surface area contributed by atoms with Crippen LogP contribution < -0.4 is 20.7 Å². The molecule has 0 aliphatic rings. The molecule has 0 saturated heterocycles. The van der Waals surface area contributed by atoms with Crippen LogP contribution in [0, 0.1) is 0 Å². The van der Waals surface area contributed by atoms with Crippen LogP contribution in [0.1, 0.15) is 35.8 Å². The molecule has 3 N–H and O–H groups in total. The number of carbonyl (C=O) groups is 2. The average Bonchev–Trinajstić information content (AvgIpc) is 2.97. The van der Waals surface area contributed by atoms with Crippen molar-refractivity contribution >= 4 is 73.9 Å². The number of pyridine rings is 2. The number of rotatable bonds is 8. The smallest absolute Gasteiger partial charge is 0.339 e. The first-order chi connectivity index (χ1) is 19.8. The number of anilines is 4. The van der Waals surface area contributed by atoms with Gasteiger partial charge in [-0.15, -0.1) is 0 Å². The maximum Gasteiger partial charge on any atom is 0.351 e. The van der Waals surface area contributed by atoms with E-state index in [1.54, 1.807) is 60.8 Å². The van der Waals surface area contributed by atoms with Gasteiger partial charge in [0.1, 0.15) is 18.0 Å². The molecule has 10 nitrogen and oxygen atoms in total. The third-order valence-corrected chi connectivity index (χ3v) is 7.52. The Balaban J connectivity index is 1.54. The van der Waals surface area contributed by atoms with Crippen molar-refractivity contribution in [2.75, 3.05) is 14.9 Å². The number of nitrogens with zero attached hydrogens (tertiary/aromatic N) is 5. The fraction of sp³-hybridized carbons (Fsp3) is 0.103. The van der Waals surface area contributed by atoms with Gasteiger partial charge in [0.25, 0.3) is 5.91 Å². The van der Waals surface area contributed by atoms with E-state index in [1.807, 2.05) is 18.2 Å². The number of para-hydroxylation sites is 1. The van der Waals surface area contributed by atoms with E-state index < -0.39 is 6.03 Å². The van der Waals surface area contributed by atoms with Crippen molar-refractivity contribution in [1.29, 1.82) is 0 Å². The Labute approximate surface area is 249 Å². The molecule has 0 bridgehead atoms. The summed E-state index contributed by atoms with van der Waals surface area (Å²) in [6.45, 7) is 4.12. The molecule has 205 valence electrons. The first kappa shape index (κ1) is 28.0. The maximum absolute atomic E-state index is 13.2. The Morgan fingerprint density at radius 3 is 2.49 bits per heavy atom. The number of urea groups is 1. The summed E-state index contributed by atoms with van der Waals surface area (Å²) in [5.41, 5.74) is 10.7. The van der Waals surface area contributed by atoms with E-state index in [0.717, 1.165) is 22.1 Å². The van der Waals surface area contributed by atoms with Crippen LogP contribution in [-0.4, -0.2) is 31.9 Å². The molecule has 2 aromatic carbocycles. The van der Waals surface area contributed by atoms with Gasteiger partial charge in [0.05, 0.1) is 21.7 Å². The zero-order valence-corrected chi connectivity index (χ0v) is 24.4. The van der Waals surface area contributed by atoms with Crippen molar-refractivity contribution in [3.63, 3.8) is 0 Å². The number of halogens is 1. The minimum Gasteiger partial charge on any atom is -0.339 e. The fourth-order valence-electron chi connectivity index (χ4n) is 3.87. The molecule has 5 rings (SSSR count). The molecule has 0 unspecified atom stereocenters. The van der Waals surface area contributed by atoms with Crippen LogP contribution in [0.4, 0.5) is 27.8 Å². The lowest BCUT2D eigenvalue weighted by Crippen LogP contribution is -2.23. The Kier molecular flexibility index (Phi) is 8.41. The molecule has 0 aliphatic heterocycles. The minimum absolute atomic E-state index is 0.232. The number of nitrogens with one attached hydrogen (secondary N) is 3. The number of benzene rings is 2. The van der Waals surface area contributed by atoms with Gasteiger partial charge >= 0.3 is 6.03 Å². The number of fused-ring (bicyclic) bond motifs is 1. The van der Waals surface area contributed by atoms with Crippen LogP contribution in [-0.2, 0) is 0 Å². The molecule has 0 atom stereocenters. The molecule has 0 fully saturated rings. The highest BCUT2D eigenvalue weighted by atomic mass is 79.9. The minimum atomic E-state index is -0.895. The first-order valence-electron chi connectivity index (χ1n) is 12.5. The molecule has 1 radical (unpaired) electrons. The topological polar surface area (TPSA) is 137 Å². The molecule has 41 heavy (non-hydrogen) atoms. The van der Waals surface area contributed by atoms with E-state index in [1.165, 1.54) is 10.6 Å². The van der Waals surface area contributed by atoms with E-state index in [2.05, 4.69) is 60.3 Å². The molecule has 12 heteroatoms. The fourth-order valence-corrected chi connectivity index (χ4v) is 4.94. The van der Waals surface area contributed by atoms with Gasteiger partial charge < -0.3 is 10.6 Å². The molecule has 0 aliphatic carbocycles. The number of amides is 3. The normalized spacial score (nSPS) is 10.9. The Bertz CT molecular complexity index is 1720. The van der Waals surface area contributed by atoms with Crippen molar-refractivity contribution in [2.45, 2.75) is 24.7 Å². The van der Waals surface area contributed by atoms with E-state index in [0.29, 0.717) is 44.5 Å². The lowest BCUT2D eigenvalue weighted by Gasteiger charge is -2.21. The zero-order chi connectivity index (χ0) is 28.9. The number of aromatic nitrogens is 4. The monoisotopic (exact) mass is 627 g/mol. The van der Waals surface area contributed by atoms with Crippen LogP contribution in [0.2, 0.25) is 0 Å². The highest BCUT2D eigenvalue weighted by Crippen LogP contribution is 2.36. The van der Waals surface area contributed by atoms with Gasteiger partial charge in [0.2, 0.25) is 0 Å². The summed E-state index contributed by atoms with van der Waals surface area (Å²) in [7, 11) is 0. The molecule has 0 spiro atoms. The second-order valence-corrected chi connectivity index (χ2v) is 11.1. The van der Waals surface area contributed by atoms with Crippen LogP contribution in [0.3, 0.4) is 0 Å². The van der Waals surface area contributed by atoms with Gasteiger partial charge in [-0.05, 0) is 88.4 Å². The van der Waals surface area contributed by atoms with Gasteiger partial charge in [-0.2, -0.15) is 0 Å². The predicted octanol–water partition coefficient (Wildman–Crippen LogP) is 7.22. The summed E-state index contributed by atoms with van der Waals surface area (Å²) < 4.78 is 2.06. The highest BCUT2D eigenvalue weighted by Gasteiger charge is 2.20. The summed E-state index contributed by atoms with van der Waals surface area (Å²) in [6.07, 6.45) is 3.02. The summed E-state index contributed by atoms with van der Waals surface area (Å²) in [4.78, 5) is 43.7. The van der Waals surface area contributed by atoms with Crippen LogP contribution in [0.15, 0.2) is 94.7 Å². The quantitative estimate of drug-likeness (QED) is 0.172. The van der Waals surface area contributed by atoms with Crippen LogP contribution in [0.5, 0.6) is 0 Å². The van der Waals surface area contributed by atoms with Gasteiger partial charge in [-0.25, -0.2) is 34.8 Å². The molecule has 3 heterocycles. The van der Waals surface area contributed by atoms with Gasteiger partial charge in [-0.1, -0.05) is 32.0 Å². The van der Waals surface area contributed by atoms with Crippen LogP contribution >= 0.6 is 27.9 Å². The van der Waals surface area contributed by atoms with Gasteiger partial charge in [-0.3, -0.25) is 4.79 Å². The lowest BCUT2D eigenvalue weighted by molar-refractivity contribution is 0.102. The standard InChI is InChI=1S/C29H24BrN8O2S/c1-17(2)22-11-10-21-26(35-22)33-16-34-27(21)36-23-14-18(28(39)37-25-13-9-19(30)15-32-25)8-12-24(23)41-38(29(31)40)20-6-4-3-5-7-20/h3-17,31H,1-2H3,(H,32,37,39)(H,33,34,35,36). The largest absolute Gasteiger partial charge is 0.351 e. The number of carbonyl (C=O) groups excluding carboxylic acids is 2. The van der Waals surface area contributed by atoms with E-state index >= 15 is 0 Å². The highest BCUT2D eigenvalue weighted by molar-refractivity contribution is 9.10. The molecular formula is C29H24BrN8O2S. The van der Waals surface area contributed by atoms with Gasteiger partial charge in [0, 0.05) is 21.9 Å². The Morgan fingerprint density at radius 1 is 0.976 bits per heavy atom. The molecule has 0 saturated carbocycles. The second kappa shape index (κ2) is 12.3. The van der Waals surface area contributed by atoms with E-state index in [4.69, 9.17) is 5.73 Å². The third-order valence-electron chi connectivity index (χ3n) is 5.94. The average molecular weight is 629 g/mol. The van der Waals surface area contributed by atoms with Crippen molar-refractivity contribution in [3.05, 3.63) is 101 Å². The summed E-state index contributed by atoms with van der Waals surface area (Å²) in [5, 5.41) is 6.80. The van der Waals surface area contributed by atoms with E-state index in [-0.39, 0.29) is 11.8 Å². The van der Waals surface area contributed by atoms with Crippen molar-refractivity contribution < 1.29 is 9.59 Å². The molecule has 5 aromatic rings. The maximum atomic E-state index is 13.2.